The van der Waals surface area contributed by atoms with Gasteiger partial charge in [0.15, 0.2) is 5.76 Å². The largest absolute Gasteiger partial charge is 0.450 e. The molecule has 0 unspecified atom stereocenters. The van der Waals surface area contributed by atoms with Gasteiger partial charge in [-0.05, 0) is 41.9 Å². The lowest BCUT2D eigenvalue weighted by molar-refractivity contribution is 0.0920. The Hall–Kier alpha value is -1.33. The number of para-hydroxylation sites is 1. The number of nitrogens with one attached hydrogen (secondary N) is 1. The number of rotatable bonds is 3. The first-order valence-electron chi connectivity index (χ1n) is 5.62. The van der Waals surface area contributed by atoms with Gasteiger partial charge in [-0.25, -0.2) is 0 Å². The summed E-state index contributed by atoms with van der Waals surface area (Å²) < 4.78 is 6.36. The van der Waals surface area contributed by atoms with E-state index < -0.39 is 5.54 Å². The Kier molecular flexibility index (Phi) is 3.45. The zero-order valence-electron chi connectivity index (χ0n) is 10.3. The van der Waals surface area contributed by atoms with Gasteiger partial charge in [-0.3, -0.25) is 4.79 Å². The van der Waals surface area contributed by atoms with Crippen LogP contribution in [0.5, 0.6) is 0 Å². The standard InChI is InChI=1S/C13H15BrN2O2/c1-13(2,15)7-16-12(17)10-6-8-4-3-5-9(14)11(8)18-10/h3-6H,7,15H2,1-2H3,(H,16,17). The number of carbonyl (C=O) groups excluding carboxylic acids is 1. The summed E-state index contributed by atoms with van der Waals surface area (Å²) in [4.78, 5) is 11.9. The molecule has 18 heavy (non-hydrogen) atoms. The van der Waals surface area contributed by atoms with Gasteiger partial charge in [0.25, 0.3) is 5.91 Å². The van der Waals surface area contributed by atoms with Gasteiger partial charge < -0.3 is 15.5 Å². The molecule has 2 rings (SSSR count). The lowest BCUT2D eigenvalue weighted by Crippen LogP contribution is -2.45. The van der Waals surface area contributed by atoms with Crippen LogP contribution in [0.3, 0.4) is 0 Å². The van der Waals surface area contributed by atoms with Gasteiger partial charge in [-0.2, -0.15) is 0 Å². The van der Waals surface area contributed by atoms with Gasteiger partial charge in [0.1, 0.15) is 5.58 Å². The number of hydrogen-bond donors (Lipinski definition) is 2. The second kappa shape index (κ2) is 4.74. The van der Waals surface area contributed by atoms with E-state index in [1.54, 1.807) is 6.07 Å². The van der Waals surface area contributed by atoms with Crippen molar-refractivity contribution in [2.75, 3.05) is 6.54 Å². The molecule has 0 bridgehead atoms. The maximum atomic E-state index is 11.9. The molecule has 4 nitrogen and oxygen atoms in total. The first-order chi connectivity index (χ1) is 8.37. The van der Waals surface area contributed by atoms with Crippen molar-refractivity contribution in [3.8, 4) is 0 Å². The predicted octanol–water partition coefficient (Wildman–Crippen LogP) is 2.66. The quantitative estimate of drug-likeness (QED) is 0.915. The van der Waals surface area contributed by atoms with E-state index in [4.69, 9.17) is 10.2 Å². The fourth-order valence-electron chi connectivity index (χ4n) is 1.53. The Bertz CT molecular complexity index is 584. The molecule has 1 aromatic carbocycles. The highest BCUT2D eigenvalue weighted by atomic mass is 79.9. The summed E-state index contributed by atoms with van der Waals surface area (Å²) in [5.41, 5.74) is 6.04. The lowest BCUT2D eigenvalue weighted by Gasteiger charge is -2.18. The van der Waals surface area contributed by atoms with Crippen molar-refractivity contribution in [3.05, 3.63) is 34.5 Å². The van der Waals surface area contributed by atoms with Crippen LogP contribution in [0.15, 0.2) is 33.2 Å². The molecule has 0 saturated heterocycles. The van der Waals surface area contributed by atoms with E-state index >= 15 is 0 Å². The molecule has 0 spiro atoms. The van der Waals surface area contributed by atoms with E-state index in [1.165, 1.54) is 0 Å². The minimum absolute atomic E-state index is 0.253. The minimum Gasteiger partial charge on any atom is -0.450 e. The summed E-state index contributed by atoms with van der Waals surface area (Å²) in [5, 5.41) is 3.64. The fourth-order valence-corrected chi connectivity index (χ4v) is 2.00. The van der Waals surface area contributed by atoms with Crippen molar-refractivity contribution in [3.63, 3.8) is 0 Å². The average Bonchev–Trinajstić information content (AvgIpc) is 2.70. The zero-order chi connectivity index (χ0) is 13.3. The second-order valence-corrected chi connectivity index (χ2v) is 5.79. The highest BCUT2D eigenvalue weighted by Gasteiger charge is 2.17. The van der Waals surface area contributed by atoms with Crippen LogP contribution < -0.4 is 11.1 Å². The second-order valence-electron chi connectivity index (χ2n) is 4.94. The summed E-state index contributed by atoms with van der Waals surface area (Å²) in [6.45, 7) is 4.09. The van der Waals surface area contributed by atoms with Crippen molar-refractivity contribution in [2.45, 2.75) is 19.4 Å². The Morgan fingerprint density at radius 2 is 2.22 bits per heavy atom. The fraction of sp³-hybridized carbons (Fsp3) is 0.308. The first kappa shape index (κ1) is 13.1. The average molecular weight is 311 g/mol. The van der Waals surface area contributed by atoms with Crippen molar-refractivity contribution >= 4 is 32.8 Å². The number of carbonyl (C=O) groups is 1. The summed E-state index contributed by atoms with van der Waals surface area (Å²) >= 11 is 3.38. The van der Waals surface area contributed by atoms with Crippen molar-refractivity contribution in [2.24, 2.45) is 5.73 Å². The molecule has 1 amide bonds. The van der Waals surface area contributed by atoms with Gasteiger partial charge in [-0.15, -0.1) is 0 Å². The van der Waals surface area contributed by atoms with Gasteiger partial charge in [0.05, 0.1) is 4.47 Å². The van der Waals surface area contributed by atoms with Gasteiger partial charge >= 0.3 is 0 Å². The monoisotopic (exact) mass is 310 g/mol. The van der Waals surface area contributed by atoms with Crippen LogP contribution in [0.1, 0.15) is 24.4 Å². The summed E-state index contributed by atoms with van der Waals surface area (Å²) in [7, 11) is 0. The molecule has 3 N–H and O–H groups in total. The third-order valence-corrected chi connectivity index (χ3v) is 3.05. The predicted molar refractivity (Wildman–Crippen MR) is 74.5 cm³/mol. The number of fused-ring (bicyclic) bond motifs is 1. The molecule has 0 saturated carbocycles. The molecule has 0 atom stereocenters. The summed E-state index contributed by atoms with van der Waals surface area (Å²) in [5.74, 6) is 0.0396. The van der Waals surface area contributed by atoms with Gasteiger partial charge in [0, 0.05) is 17.5 Å². The smallest absolute Gasteiger partial charge is 0.287 e. The normalized spacial score (nSPS) is 11.8. The topological polar surface area (TPSA) is 68.3 Å². The molecule has 0 aliphatic rings. The van der Waals surface area contributed by atoms with Crippen LogP contribution >= 0.6 is 15.9 Å². The highest BCUT2D eigenvalue weighted by Crippen LogP contribution is 2.26. The molecule has 0 aliphatic heterocycles. The summed E-state index contributed by atoms with van der Waals surface area (Å²) in [6.07, 6.45) is 0. The zero-order valence-corrected chi connectivity index (χ0v) is 11.9. The van der Waals surface area contributed by atoms with Crippen LogP contribution in [0, 0.1) is 0 Å². The third-order valence-electron chi connectivity index (χ3n) is 2.42. The Labute approximate surface area is 114 Å². The Morgan fingerprint density at radius 1 is 1.50 bits per heavy atom. The minimum atomic E-state index is -0.442. The van der Waals surface area contributed by atoms with Crippen LogP contribution in [0.25, 0.3) is 11.0 Å². The van der Waals surface area contributed by atoms with Crippen LogP contribution in [-0.2, 0) is 0 Å². The van der Waals surface area contributed by atoms with E-state index in [1.807, 2.05) is 32.0 Å². The van der Waals surface area contributed by atoms with Crippen LogP contribution in [-0.4, -0.2) is 18.0 Å². The van der Waals surface area contributed by atoms with Crippen molar-refractivity contribution < 1.29 is 9.21 Å². The summed E-state index contributed by atoms with van der Waals surface area (Å²) in [6, 6.07) is 7.38. The van der Waals surface area contributed by atoms with Crippen LogP contribution in [0.4, 0.5) is 0 Å². The van der Waals surface area contributed by atoms with Crippen LogP contribution in [0.2, 0.25) is 0 Å². The van der Waals surface area contributed by atoms with E-state index in [2.05, 4.69) is 21.2 Å². The number of benzene rings is 1. The van der Waals surface area contributed by atoms with E-state index in [9.17, 15) is 4.79 Å². The maximum absolute atomic E-state index is 11.9. The molecule has 0 radical (unpaired) electrons. The molecular formula is C13H15BrN2O2. The molecule has 5 heteroatoms. The molecule has 2 aromatic rings. The van der Waals surface area contributed by atoms with Crippen molar-refractivity contribution in [1.82, 2.24) is 5.32 Å². The maximum Gasteiger partial charge on any atom is 0.287 e. The third kappa shape index (κ3) is 2.91. The van der Waals surface area contributed by atoms with E-state index in [0.717, 1.165) is 9.86 Å². The van der Waals surface area contributed by atoms with Gasteiger partial charge in [-0.1, -0.05) is 12.1 Å². The lowest BCUT2D eigenvalue weighted by atomic mass is 10.1. The van der Waals surface area contributed by atoms with E-state index in [0.29, 0.717) is 17.9 Å². The molecule has 0 aliphatic carbocycles. The molecule has 1 aromatic heterocycles. The Balaban J connectivity index is 2.21. The number of furan rings is 1. The number of hydrogen-bond acceptors (Lipinski definition) is 3. The molecule has 0 fully saturated rings. The highest BCUT2D eigenvalue weighted by molar-refractivity contribution is 9.10. The van der Waals surface area contributed by atoms with Gasteiger partial charge in [0.2, 0.25) is 0 Å². The molecular weight excluding hydrogens is 296 g/mol. The molecule has 1 heterocycles. The van der Waals surface area contributed by atoms with Crippen molar-refractivity contribution in [1.29, 1.82) is 0 Å². The number of halogens is 1. The molecule has 96 valence electrons. The Morgan fingerprint density at radius 3 is 2.83 bits per heavy atom. The number of amides is 1. The SMILES string of the molecule is CC(C)(N)CNC(=O)c1cc2cccc(Br)c2o1. The first-order valence-corrected chi connectivity index (χ1v) is 6.41. The van der Waals surface area contributed by atoms with E-state index in [-0.39, 0.29) is 5.91 Å². The number of nitrogens with two attached hydrogens (primary N) is 1.